The summed E-state index contributed by atoms with van der Waals surface area (Å²) in [5, 5.41) is 13.0. The fraction of sp³-hybridized carbons (Fsp3) is 0.480. The summed E-state index contributed by atoms with van der Waals surface area (Å²) >= 11 is 0. The predicted molar refractivity (Wildman–Crippen MR) is 131 cm³/mol. The summed E-state index contributed by atoms with van der Waals surface area (Å²) in [6, 6.07) is 19.4. The van der Waals surface area contributed by atoms with E-state index in [1.807, 2.05) is 22.9 Å². The van der Waals surface area contributed by atoms with Gasteiger partial charge in [0.15, 0.2) is 5.82 Å². The maximum absolute atomic E-state index is 5.76. The molecule has 0 spiro atoms. The monoisotopic (exact) mass is 468 g/mol. The van der Waals surface area contributed by atoms with E-state index < -0.39 is 0 Å². The fourth-order valence-corrected chi connectivity index (χ4v) is 5.30. The summed E-state index contributed by atoms with van der Waals surface area (Å²) in [4.78, 5) is 5.21. The zero-order valence-electron chi connectivity index (χ0n) is 19.2. The van der Waals surface area contributed by atoms with Crippen LogP contribution in [0.4, 0.5) is 0 Å². The molecule has 0 amide bonds. The van der Waals surface area contributed by atoms with E-state index in [0.29, 0.717) is 6.54 Å². The highest BCUT2D eigenvalue weighted by atomic mass is 35.5. The van der Waals surface area contributed by atoms with Gasteiger partial charge in [0.05, 0.1) is 13.7 Å². The number of hydrogen-bond acceptors (Lipinski definition) is 6. The summed E-state index contributed by atoms with van der Waals surface area (Å²) in [6.45, 7) is 4.83. The molecule has 2 fully saturated rings. The van der Waals surface area contributed by atoms with Gasteiger partial charge in [0.1, 0.15) is 11.8 Å². The van der Waals surface area contributed by atoms with E-state index in [0.717, 1.165) is 49.4 Å². The Morgan fingerprint density at radius 3 is 2.36 bits per heavy atom. The summed E-state index contributed by atoms with van der Waals surface area (Å²) in [5.74, 6) is 1.75. The minimum atomic E-state index is -0.0457. The Balaban J connectivity index is 0.00000259. The molecule has 1 atom stereocenters. The molecule has 1 unspecified atom stereocenters. The molecule has 33 heavy (non-hydrogen) atoms. The zero-order chi connectivity index (χ0) is 21.8. The van der Waals surface area contributed by atoms with Crippen LogP contribution in [0.1, 0.15) is 48.7 Å². The number of halogens is 1. The highest BCUT2D eigenvalue weighted by Gasteiger charge is 2.34. The van der Waals surface area contributed by atoms with Crippen molar-refractivity contribution < 1.29 is 4.74 Å². The topological polar surface area (TPSA) is 59.3 Å². The van der Waals surface area contributed by atoms with Gasteiger partial charge in [-0.3, -0.25) is 9.80 Å². The lowest BCUT2D eigenvalue weighted by molar-refractivity contribution is 0.0764. The Morgan fingerprint density at radius 2 is 1.64 bits per heavy atom. The van der Waals surface area contributed by atoms with E-state index in [1.165, 1.54) is 31.2 Å². The largest absolute Gasteiger partial charge is 0.496 e. The second-order valence-corrected chi connectivity index (χ2v) is 8.84. The van der Waals surface area contributed by atoms with Crippen molar-refractivity contribution in [3.8, 4) is 5.75 Å². The van der Waals surface area contributed by atoms with Crippen molar-refractivity contribution in [1.82, 2.24) is 30.0 Å². The number of para-hydroxylation sites is 1. The van der Waals surface area contributed by atoms with Gasteiger partial charge >= 0.3 is 0 Å². The van der Waals surface area contributed by atoms with Crippen LogP contribution in [0.5, 0.6) is 5.75 Å². The summed E-state index contributed by atoms with van der Waals surface area (Å²) in [7, 11) is 1.74. The van der Waals surface area contributed by atoms with Gasteiger partial charge in [-0.25, -0.2) is 4.68 Å². The molecule has 1 aliphatic heterocycles. The average Bonchev–Trinajstić information content (AvgIpc) is 3.54. The third-order valence-electron chi connectivity index (χ3n) is 6.97. The van der Waals surface area contributed by atoms with Crippen LogP contribution in [0.25, 0.3) is 0 Å². The molecular weight excluding hydrogens is 436 g/mol. The Labute approximate surface area is 202 Å². The molecule has 1 saturated heterocycles. The first-order chi connectivity index (χ1) is 15.8. The Hall–Kier alpha value is -2.48. The van der Waals surface area contributed by atoms with Crippen molar-refractivity contribution >= 4 is 12.4 Å². The standard InChI is InChI=1S/C25H32N6O.ClH/c1-32-23-14-8-7-13-22(23)24(30-17-15-29(16-18-30)21-11-5-6-12-21)25-26-27-28-31(25)19-20-9-3-2-4-10-20;/h2-4,7-10,13-14,21,24H,5-6,11-12,15-19H2,1H3;1H. The zero-order valence-corrected chi connectivity index (χ0v) is 20.0. The first kappa shape index (κ1) is 23.7. The van der Waals surface area contributed by atoms with E-state index in [1.54, 1.807) is 7.11 Å². The van der Waals surface area contributed by atoms with Crippen molar-refractivity contribution in [3.63, 3.8) is 0 Å². The van der Waals surface area contributed by atoms with Crippen molar-refractivity contribution in [3.05, 3.63) is 71.5 Å². The Kier molecular flexibility index (Phi) is 7.96. The maximum Gasteiger partial charge on any atom is 0.173 e. The molecule has 2 heterocycles. The molecule has 8 heteroatoms. The lowest BCUT2D eigenvalue weighted by Gasteiger charge is -2.41. The molecule has 0 bridgehead atoms. The molecule has 3 aromatic rings. The van der Waals surface area contributed by atoms with Crippen molar-refractivity contribution in [2.75, 3.05) is 33.3 Å². The number of rotatable bonds is 7. The minimum absolute atomic E-state index is 0. The third kappa shape index (κ3) is 5.21. The van der Waals surface area contributed by atoms with Crippen molar-refractivity contribution in [2.45, 2.75) is 44.3 Å². The van der Waals surface area contributed by atoms with Gasteiger partial charge in [0, 0.05) is 37.8 Å². The van der Waals surface area contributed by atoms with Crippen LogP contribution in [0.3, 0.4) is 0 Å². The van der Waals surface area contributed by atoms with Crippen LogP contribution in [0, 0.1) is 0 Å². The van der Waals surface area contributed by atoms with E-state index in [9.17, 15) is 0 Å². The molecule has 0 radical (unpaired) electrons. The van der Waals surface area contributed by atoms with Gasteiger partial charge in [0.25, 0.3) is 0 Å². The first-order valence-corrected chi connectivity index (χ1v) is 11.7. The number of ether oxygens (including phenoxy) is 1. The van der Waals surface area contributed by atoms with Gasteiger partial charge in [-0.1, -0.05) is 61.4 Å². The Bertz CT molecular complexity index is 999. The van der Waals surface area contributed by atoms with Gasteiger partial charge in [-0.2, -0.15) is 0 Å². The highest BCUT2D eigenvalue weighted by molar-refractivity contribution is 5.85. The molecule has 7 nitrogen and oxygen atoms in total. The van der Waals surface area contributed by atoms with Gasteiger partial charge in [0.2, 0.25) is 0 Å². The average molecular weight is 469 g/mol. The summed E-state index contributed by atoms with van der Waals surface area (Å²) in [6.07, 6.45) is 5.46. The number of piperazine rings is 1. The van der Waals surface area contributed by atoms with Crippen LogP contribution in [0.2, 0.25) is 0 Å². The van der Waals surface area contributed by atoms with Crippen LogP contribution < -0.4 is 4.74 Å². The quantitative estimate of drug-likeness (QED) is 0.525. The van der Waals surface area contributed by atoms with Crippen LogP contribution in [-0.4, -0.2) is 69.3 Å². The molecule has 5 rings (SSSR count). The number of hydrogen-bond donors (Lipinski definition) is 0. The van der Waals surface area contributed by atoms with E-state index in [-0.39, 0.29) is 18.4 Å². The summed E-state index contributed by atoms with van der Waals surface area (Å²) in [5.41, 5.74) is 2.30. The second kappa shape index (κ2) is 11.1. The second-order valence-electron chi connectivity index (χ2n) is 8.84. The van der Waals surface area contributed by atoms with Gasteiger partial charge in [-0.05, 0) is 34.9 Å². The Morgan fingerprint density at radius 1 is 0.939 bits per heavy atom. The highest BCUT2D eigenvalue weighted by Crippen LogP contribution is 2.35. The van der Waals surface area contributed by atoms with Crippen molar-refractivity contribution in [2.24, 2.45) is 0 Å². The molecular formula is C25H33ClN6O. The molecule has 1 aliphatic carbocycles. The van der Waals surface area contributed by atoms with E-state index >= 15 is 0 Å². The smallest absolute Gasteiger partial charge is 0.173 e. The van der Waals surface area contributed by atoms with Crippen molar-refractivity contribution in [1.29, 1.82) is 0 Å². The molecule has 1 saturated carbocycles. The lowest BCUT2D eigenvalue weighted by Crippen LogP contribution is -2.51. The molecule has 2 aromatic carbocycles. The normalized spacial score (nSPS) is 18.7. The minimum Gasteiger partial charge on any atom is -0.496 e. The maximum atomic E-state index is 5.76. The SMILES string of the molecule is COc1ccccc1C(c1nnnn1Cc1ccccc1)N1CCN(C2CCCC2)CC1.Cl. The summed E-state index contributed by atoms with van der Waals surface area (Å²) < 4.78 is 7.70. The van der Waals surface area contributed by atoms with E-state index in [4.69, 9.17) is 4.74 Å². The molecule has 2 aliphatic rings. The van der Waals surface area contributed by atoms with Gasteiger partial charge in [-0.15, -0.1) is 17.5 Å². The van der Waals surface area contributed by atoms with Crippen LogP contribution in [0.15, 0.2) is 54.6 Å². The predicted octanol–water partition coefficient (Wildman–Crippen LogP) is 3.80. The van der Waals surface area contributed by atoms with Crippen LogP contribution >= 0.6 is 12.4 Å². The number of methoxy groups -OCH3 is 1. The third-order valence-corrected chi connectivity index (χ3v) is 6.97. The van der Waals surface area contributed by atoms with Crippen LogP contribution in [-0.2, 0) is 6.54 Å². The number of aromatic nitrogens is 4. The molecule has 1 aromatic heterocycles. The fourth-order valence-electron chi connectivity index (χ4n) is 5.30. The van der Waals surface area contributed by atoms with Gasteiger partial charge < -0.3 is 4.74 Å². The lowest BCUT2D eigenvalue weighted by atomic mass is 10.0. The number of benzene rings is 2. The number of nitrogens with zero attached hydrogens (tertiary/aromatic N) is 6. The van der Waals surface area contributed by atoms with E-state index in [2.05, 4.69) is 61.7 Å². The molecule has 176 valence electrons. The first-order valence-electron chi connectivity index (χ1n) is 11.7. The molecule has 0 N–H and O–H groups in total. The number of tetrazole rings is 1.